The largest absolute Gasteiger partial charge is 0.395 e. The summed E-state index contributed by atoms with van der Waals surface area (Å²) in [6.07, 6.45) is 7.29. The minimum absolute atomic E-state index is 0.0850. The van der Waals surface area contributed by atoms with Gasteiger partial charge in [-0.2, -0.15) is 0 Å². The summed E-state index contributed by atoms with van der Waals surface area (Å²) < 4.78 is 0. The van der Waals surface area contributed by atoms with Crippen LogP contribution in [0.15, 0.2) is 0 Å². The molecule has 3 unspecified atom stereocenters. The Labute approximate surface area is 122 Å². The van der Waals surface area contributed by atoms with E-state index in [9.17, 15) is 10.2 Å². The number of hydrogen-bond acceptors (Lipinski definition) is 4. The molecule has 20 heavy (non-hydrogen) atoms. The molecular formula is C16H30N2O2. The summed E-state index contributed by atoms with van der Waals surface area (Å²) >= 11 is 0. The maximum absolute atomic E-state index is 10.2. The first kappa shape index (κ1) is 14.8. The van der Waals surface area contributed by atoms with Crippen molar-refractivity contribution < 1.29 is 10.2 Å². The first-order chi connectivity index (χ1) is 9.74. The molecule has 0 radical (unpaired) electrons. The van der Waals surface area contributed by atoms with Crippen LogP contribution in [-0.2, 0) is 0 Å². The number of aliphatic hydroxyl groups is 2. The van der Waals surface area contributed by atoms with E-state index in [0.717, 1.165) is 38.5 Å². The summed E-state index contributed by atoms with van der Waals surface area (Å²) in [6, 6.07) is 0.548. The summed E-state index contributed by atoms with van der Waals surface area (Å²) in [4.78, 5) is 2.37. The topological polar surface area (TPSA) is 55.7 Å². The van der Waals surface area contributed by atoms with Crippen molar-refractivity contribution in [3.8, 4) is 0 Å². The van der Waals surface area contributed by atoms with Crippen LogP contribution in [0.1, 0.15) is 38.5 Å². The molecule has 2 saturated carbocycles. The first-order valence-corrected chi connectivity index (χ1v) is 8.49. The van der Waals surface area contributed by atoms with Gasteiger partial charge in [-0.15, -0.1) is 0 Å². The molecule has 3 aliphatic rings. The van der Waals surface area contributed by atoms with E-state index >= 15 is 0 Å². The minimum atomic E-state index is -0.0850. The van der Waals surface area contributed by atoms with E-state index in [-0.39, 0.29) is 12.7 Å². The van der Waals surface area contributed by atoms with Crippen molar-refractivity contribution in [2.24, 2.45) is 17.8 Å². The van der Waals surface area contributed by atoms with Crippen molar-refractivity contribution in [1.82, 2.24) is 10.2 Å². The highest BCUT2D eigenvalue weighted by molar-refractivity contribution is 4.89. The minimum Gasteiger partial charge on any atom is -0.395 e. The third-order valence-corrected chi connectivity index (χ3v) is 5.16. The van der Waals surface area contributed by atoms with Gasteiger partial charge >= 0.3 is 0 Å². The molecule has 3 N–H and O–H groups in total. The van der Waals surface area contributed by atoms with Gasteiger partial charge in [-0.1, -0.05) is 0 Å². The Morgan fingerprint density at radius 3 is 2.55 bits per heavy atom. The average molecular weight is 282 g/mol. The monoisotopic (exact) mass is 282 g/mol. The molecule has 4 nitrogen and oxygen atoms in total. The lowest BCUT2D eigenvalue weighted by Crippen LogP contribution is -2.50. The van der Waals surface area contributed by atoms with Gasteiger partial charge in [0, 0.05) is 25.7 Å². The predicted octanol–water partition coefficient (Wildman–Crippen LogP) is 0.830. The molecule has 1 aliphatic heterocycles. The second-order valence-corrected chi connectivity index (χ2v) is 7.27. The maximum atomic E-state index is 10.2. The van der Waals surface area contributed by atoms with Gasteiger partial charge in [0.1, 0.15) is 0 Å². The highest BCUT2D eigenvalue weighted by atomic mass is 16.3. The van der Waals surface area contributed by atoms with Gasteiger partial charge < -0.3 is 15.5 Å². The summed E-state index contributed by atoms with van der Waals surface area (Å²) in [7, 11) is 0. The van der Waals surface area contributed by atoms with Gasteiger partial charge in [-0.25, -0.2) is 0 Å². The third-order valence-electron chi connectivity index (χ3n) is 5.16. The zero-order valence-corrected chi connectivity index (χ0v) is 12.5. The molecule has 0 aromatic heterocycles. The van der Waals surface area contributed by atoms with Crippen LogP contribution in [0.3, 0.4) is 0 Å². The van der Waals surface area contributed by atoms with Crippen molar-refractivity contribution in [2.45, 2.75) is 50.7 Å². The Bertz CT molecular complexity index is 305. The zero-order valence-electron chi connectivity index (χ0n) is 12.5. The van der Waals surface area contributed by atoms with Crippen LogP contribution in [0, 0.1) is 17.8 Å². The number of likely N-dealkylation sites (tertiary alicyclic amines) is 1. The fourth-order valence-electron chi connectivity index (χ4n) is 3.62. The van der Waals surface area contributed by atoms with Gasteiger partial charge in [0.2, 0.25) is 0 Å². The normalized spacial score (nSPS) is 33.3. The van der Waals surface area contributed by atoms with Gasteiger partial charge in [0.15, 0.2) is 0 Å². The van der Waals surface area contributed by atoms with Crippen LogP contribution < -0.4 is 5.32 Å². The standard InChI is InChI=1S/C16H30N2O2/c19-6-5-18-10-13(8-16(20)14-3-4-14)7-15(11-18)17-9-12-1-2-12/h12-17,19-20H,1-11H2. The van der Waals surface area contributed by atoms with E-state index in [4.69, 9.17) is 0 Å². The number of β-amino-alcohol motifs (C(OH)–C–C–N with tert-alkyl or cyclic N) is 1. The van der Waals surface area contributed by atoms with Crippen molar-refractivity contribution in [3.63, 3.8) is 0 Å². The lowest BCUT2D eigenvalue weighted by molar-refractivity contribution is 0.0673. The molecule has 1 saturated heterocycles. The summed E-state index contributed by atoms with van der Waals surface area (Å²) in [5.74, 6) is 2.09. The third kappa shape index (κ3) is 4.42. The Balaban J connectivity index is 1.48. The second kappa shape index (κ2) is 6.73. The van der Waals surface area contributed by atoms with E-state index < -0.39 is 0 Å². The highest BCUT2D eigenvalue weighted by Crippen LogP contribution is 2.36. The average Bonchev–Trinajstić information content (AvgIpc) is 3.29. The predicted molar refractivity (Wildman–Crippen MR) is 79.5 cm³/mol. The van der Waals surface area contributed by atoms with Crippen LogP contribution >= 0.6 is 0 Å². The van der Waals surface area contributed by atoms with Crippen LogP contribution in [0.4, 0.5) is 0 Å². The van der Waals surface area contributed by atoms with Crippen molar-refractivity contribution >= 4 is 0 Å². The summed E-state index contributed by atoms with van der Waals surface area (Å²) in [5.41, 5.74) is 0. The van der Waals surface area contributed by atoms with Gasteiger partial charge in [0.05, 0.1) is 12.7 Å². The van der Waals surface area contributed by atoms with Gasteiger partial charge in [0.25, 0.3) is 0 Å². The molecule has 4 heteroatoms. The van der Waals surface area contributed by atoms with Gasteiger partial charge in [-0.05, 0) is 62.8 Å². The lowest BCUT2D eigenvalue weighted by Gasteiger charge is -2.38. The Hall–Kier alpha value is -0.160. The van der Waals surface area contributed by atoms with E-state index in [0.29, 0.717) is 17.9 Å². The van der Waals surface area contributed by atoms with E-state index in [2.05, 4.69) is 10.2 Å². The van der Waals surface area contributed by atoms with Gasteiger partial charge in [-0.3, -0.25) is 4.90 Å². The molecule has 3 rings (SSSR count). The lowest BCUT2D eigenvalue weighted by atomic mass is 9.88. The summed E-state index contributed by atoms with van der Waals surface area (Å²) in [6.45, 7) is 4.29. The quantitative estimate of drug-likeness (QED) is 0.617. The molecule has 0 aromatic carbocycles. The second-order valence-electron chi connectivity index (χ2n) is 7.27. The number of rotatable bonds is 8. The molecule has 2 aliphatic carbocycles. The summed E-state index contributed by atoms with van der Waals surface area (Å²) in [5, 5.41) is 23.1. The molecular weight excluding hydrogens is 252 g/mol. The molecule has 0 aromatic rings. The molecule has 3 atom stereocenters. The first-order valence-electron chi connectivity index (χ1n) is 8.49. The van der Waals surface area contributed by atoms with Crippen molar-refractivity contribution in [3.05, 3.63) is 0 Å². The van der Waals surface area contributed by atoms with Crippen molar-refractivity contribution in [1.29, 1.82) is 0 Å². The van der Waals surface area contributed by atoms with Crippen LogP contribution in [0.5, 0.6) is 0 Å². The van der Waals surface area contributed by atoms with Crippen LogP contribution in [0.25, 0.3) is 0 Å². The Morgan fingerprint density at radius 2 is 1.90 bits per heavy atom. The Morgan fingerprint density at radius 1 is 1.10 bits per heavy atom. The number of aliphatic hydroxyl groups excluding tert-OH is 2. The van der Waals surface area contributed by atoms with Crippen molar-refractivity contribution in [2.75, 3.05) is 32.8 Å². The molecule has 0 spiro atoms. The number of nitrogens with zero attached hydrogens (tertiary/aromatic N) is 1. The van der Waals surface area contributed by atoms with E-state index in [1.165, 1.54) is 32.1 Å². The smallest absolute Gasteiger partial charge is 0.0571 e. The van der Waals surface area contributed by atoms with Crippen LogP contribution in [0.2, 0.25) is 0 Å². The number of nitrogens with one attached hydrogen (secondary N) is 1. The van der Waals surface area contributed by atoms with E-state index in [1.807, 2.05) is 0 Å². The maximum Gasteiger partial charge on any atom is 0.0571 e. The van der Waals surface area contributed by atoms with E-state index in [1.54, 1.807) is 0 Å². The molecule has 116 valence electrons. The number of piperidine rings is 1. The Kier molecular flexibility index (Phi) is 4.97. The number of hydrogen-bond donors (Lipinski definition) is 3. The molecule has 0 bridgehead atoms. The SMILES string of the molecule is OCCN1CC(CC(O)C2CC2)CC(NCC2CC2)C1. The van der Waals surface area contributed by atoms with Crippen LogP contribution in [-0.4, -0.2) is 60.0 Å². The molecule has 3 fully saturated rings. The molecule has 0 amide bonds. The fraction of sp³-hybridized carbons (Fsp3) is 1.00. The highest BCUT2D eigenvalue weighted by Gasteiger charge is 2.34. The molecule has 1 heterocycles. The fourth-order valence-corrected chi connectivity index (χ4v) is 3.62. The zero-order chi connectivity index (χ0) is 13.9.